The maximum absolute atomic E-state index is 14.7. The minimum atomic E-state index is -0.558. The van der Waals surface area contributed by atoms with Crippen LogP contribution in [0, 0.1) is 17.5 Å². The molecule has 1 N–H and O–H groups in total. The normalized spacial score (nSPS) is 15.9. The summed E-state index contributed by atoms with van der Waals surface area (Å²) in [5, 5.41) is 3.85. The molecule has 156 valence electrons. The first kappa shape index (κ1) is 20.7. The van der Waals surface area contributed by atoms with E-state index in [2.05, 4.69) is 10.3 Å². The Labute approximate surface area is 178 Å². The highest BCUT2D eigenvalue weighted by atomic mass is 35.5. The van der Waals surface area contributed by atoms with Crippen LogP contribution in [0.3, 0.4) is 0 Å². The van der Waals surface area contributed by atoms with Gasteiger partial charge < -0.3 is 10.2 Å². The maximum atomic E-state index is 14.7. The minimum Gasteiger partial charge on any atom is -0.367 e. The molecule has 4 rings (SSSR count). The lowest BCUT2D eigenvalue weighted by atomic mass is 9.96. The molecule has 1 atom stereocenters. The number of hydrogen-bond donors (Lipinski definition) is 1. The van der Waals surface area contributed by atoms with E-state index in [-0.39, 0.29) is 11.7 Å². The summed E-state index contributed by atoms with van der Waals surface area (Å²) >= 11 is 5.92. The number of piperidine rings is 1. The molecule has 0 aliphatic carbocycles. The molecule has 30 heavy (non-hydrogen) atoms. The summed E-state index contributed by atoms with van der Waals surface area (Å²) < 4.78 is 42.9. The molecule has 3 aromatic rings. The molecule has 0 amide bonds. The van der Waals surface area contributed by atoms with E-state index in [1.807, 2.05) is 6.07 Å². The molecule has 0 bridgehead atoms. The molecule has 1 aliphatic rings. The molecule has 1 unspecified atom stereocenters. The summed E-state index contributed by atoms with van der Waals surface area (Å²) in [6.45, 7) is 0.997. The Balaban J connectivity index is 1.52. The largest absolute Gasteiger partial charge is 0.367 e. The Bertz CT molecular complexity index is 988. The van der Waals surface area contributed by atoms with Crippen molar-refractivity contribution in [1.82, 2.24) is 10.3 Å². The quantitative estimate of drug-likeness (QED) is 0.578. The smallest absolute Gasteiger partial charge is 0.149 e. The van der Waals surface area contributed by atoms with Crippen molar-refractivity contribution < 1.29 is 13.2 Å². The highest BCUT2D eigenvalue weighted by molar-refractivity contribution is 6.30. The molecule has 0 saturated carbocycles. The number of nitrogens with one attached hydrogen (secondary N) is 1. The van der Waals surface area contributed by atoms with Gasteiger partial charge >= 0.3 is 0 Å². The lowest BCUT2D eigenvalue weighted by Gasteiger charge is -2.36. The van der Waals surface area contributed by atoms with Gasteiger partial charge in [-0.25, -0.2) is 13.2 Å². The Kier molecular flexibility index (Phi) is 6.25. The van der Waals surface area contributed by atoms with Gasteiger partial charge in [-0.3, -0.25) is 4.98 Å². The van der Waals surface area contributed by atoms with Crippen LogP contribution in [0.15, 0.2) is 60.9 Å². The molecule has 1 aliphatic heterocycles. The van der Waals surface area contributed by atoms with Gasteiger partial charge in [-0.2, -0.15) is 0 Å². The van der Waals surface area contributed by atoms with Crippen molar-refractivity contribution in [1.29, 1.82) is 0 Å². The van der Waals surface area contributed by atoms with Gasteiger partial charge in [-0.1, -0.05) is 29.8 Å². The van der Waals surface area contributed by atoms with Crippen molar-refractivity contribution >= 4 is 17.3 Å². The van der Waals surface area contributed by atoms with Crippen molar-refractivity contribution in [3.8, 4) is 0 Å². The van der Waals surface area contributed by atoms with Crippen LogP contribution in [0.5, 0.6) is 0 Å². The predicted octanol–water partition coefficient (Wildman–Crippen LogP) is 5.50. The van der Waals surface area contributed by atoms with Crippen LogP contribution in [0.4, 0.5) is 18.9 Å². The van der Waals surface area contributed by atoms with Crippen molar-refractivity contribution in [2.75, 3.05) is 18.0 Å². The first-order valence-electron chi connectivity index (χ1n) is 9.83. The van der Waals surface area contributed by atoms with E-state index in [9.17, 15) is 13.2 Å². The van der Waals surface area contributed by atoms with Gasteiger partial charge in [0.2, 0.25) is 0 Å². The average Bonchev–Trinajstić information content (AvgIpc) is 2.74. The maximum Gasteiger partial charge on any atom is 0.149 e. The third-order valence-corrected chi connectivity index (χ3v) is 5.68. The highest BCUT2D eigenvalue weighted by Gasteiger charge is 2.27. The van der Waals surface area contributed by atoms with Gasteiger partial charge in [0.15, 0.2) is 0 Å². The predicted molar refractivity (Wildman–Crippen MR) is 112 cm³/mol. The van der Waals surface area contributed by atoms with Crippen LogP contribution >= 0.6 is 11.6 Å². The first-order valence-corrected chi connectivity index (χ1v) is 10.2. The van der Waals surface area contributed by atoms with E-state index in [4.69, 9.17) is 11.6 Å². The fourth-order valence-corrected chi connectivity index (χ4v) is 4.10. The van der Waals surface area contributed by atoms with Gasteiger partial charge in [0, 0.05) is 42.1 Å². The molecule has 1 saturated heterocycles. The second-order valence-electron chi connectivity index (χ2n) is 7.38. The van der Waals surface area contributed by atoms with Crippen LogP contribution in [-0.4, -0.2) is 24.1 Å². The molecule has 1 fully saturated rings. The number of nitrogens with zero attached hydrogens (tertiary/aromatic N) is 2. The number of benzene rings is 2. The number of pyridine rings is 1. The topological polar surface area (TPSA) is 28.2 Å². The van der Waals surface area contributed by atoms with Crippen LogP contribution in [-0.2, 0) is 0 Å². The summed E-state index contributed by atoms with van der Waals surface area (Å²) in [7, 11) is 0. The molecule has 3 nitrogen and oxygen atoms in total. The third-order valence-electron chi connectivity index (χ3n) is 5.44. The molecule has 1 aromatic heterocycles. The number of aromatic nitrogens is 1. The lowest BCUT2D eigenvalue weighted by molar-refractivity contribution is 0.382. The van der Waals surface area contributed by atoms with E-state index < -0.39 is 23.5 Å². The van der Waals surface area contributed by atoms with Crippen LogP contribution in [0.2, 0.25) is 5.02 Å². The standard InChI is InChI=1S/C23H21ClF3N3/c24-16-6-7-18(21(27)13-16)22(15-3-2-10-28-14-15)29-17-8-11-30(12-9-17)23-19(25)4-1-5-20(23)26/h1-7,10,13-14,17,22,29H,8-9,11-12H2. The fourth-order valence-electron chi connectivity index (χ4n) is 3.94. The zero-order valence-corrected chi connectivity index (χ0v) is 16.9. The van der Waals surface area contributed by atoms with Crippen molar-refractivity contribution in [2.45, 2.75) is 24.9 Å². The number of hydrogen-bond acceptors (Lipinski definition) is 3. The monoisotopic (exact) mass is 431 g/mol. The average molecular weight is 432 g/mol. The molecule has 2 heterocycles. The number of anilines is 1. The summed E-state index contributed by atoms with van der Waals surface area (Å²) in [6.07, 6.45) is 4.70. The van der Waals surface area contributed by atoms with Crippen LogP contribution in [0.1, 0.15) is 30.0 Å². The number of para-hydroxylation sites is 1. The second kappa shape index (κ2) is 9.06. The van der Waals surface area contributed by atoms with E-state index in [1.54, 1.807) is 35.5 Å². The van der Waals surface area contributed by atoms with Crippen molar-refractivity contribution in [3.63, 3.8) is 0 Å². The first-order chi connectivity index (χ1) is 14.5. The van der Waals surface area contributed by atoms with E-state index in [0.29, 0.717) is 36.5 Å². The van der Waals surface area contributed by atoms with Gasteiger partial charge in [-0.05, 0) is 48.7 Å². The highest BCUT2D eigenvalue weighted by Crippen LogP contribution is 2.30. The molecule has 0 spiro atoms. The number of halogens is 4. The SMILES string of the molecule is Fc1cc(Cl)ccc1C(NC1CCN(c2c(F)cccc2F)CC1)c1cccnc1. The fraction of sp³-hybridized carbons (Fsp3) is 0.261. The molecule has 0 radical (unpaired) electrons. The van der Waals surface area contributed by atoms with E-state index >= 15 is 0 Å². The van der Waals surface area contributed by atoms with Gasteiger partial charge in [0.1, 0.15) is 23.1 Å². The summed E-state index contributed by atoms with van der Waals surface area (Å²) in [4.78, 5) is 5.89. The minimum absolute atomic E-state index is 0.0171. The Morgan fingerprint density at radius 1 is 0.967 bits per heavy atom. The zero-order valence-electron chi connectivity index (χ0n) is 16.2. The summed E-state index contributed by atoms with van der Waals surface area (Å²) in [5.41, 5.74) is 1.33. The van der Waals surface area contributed by atoms with Gasteiger partial charge in [0.25, 0.3) is 0 Å². The molecular formula is C23H21ClF3N3. The Morgan fingerprint density at radius 2 is 1.70 bits per heavy atom. The third kappa shape index (κ3) is 4.45. The van der Waals surface area contributed by atoms with Crippen LogP contribution < -0.4 is 10.2 Å². The molecule has 2 aromatic carbocycles. The molecular weight excluding hydrogens is 411 g/mol. The van der Waals surface area contributed by atoms with Gasteiger partial charge in [0.05, 0.1) is 6.04 Å². The Hall–Kier alpha value is -2.57. The zero-order chi connectivity index (χ0) is 21.1. The number of rotatable bonds is 5. The summed E-state index contributed by atoms with van der Waals surface area (Å²) in [6, 6.07) is 11.9. The van der Waals surface area contributed by atoms with E-state index in [0.717, 1.165) is 5.56 Å². The van der Waals surface area contributed by atoms with Crippen LogP contribution in [0.25, 0.3) is 0 Å². The second-order valence-corrected chi connectivity index (χ2v) is 7.82. The van der Waals surface area contributed by atoms with E-state index in [1.165, 1.54) is 24.3 Å². The van der Waals surface area contributed by atoms with Crippen molar-refractivity contribution in [2.24, 2.45) is 0 Å². The van der Waals surface area contributed by atoms with Crippen molar-refractivity contribution in [3.05, 3.63) is 94.5 Å². The summed E-state index contributed by atoms with van der Waals surface area (Å²) in [5.74, 6) is -1.51. The van der Waals surface area contributed by atoms with Gasteiger partial charge in [-0.15, -0.1) is 0 Å². The lowest BCUT2D eigenvalue weighted by Crippen LogP contribution is -2.44. The molecule has 7 heteroatoms. The Morgan fingerprint density at radius 3 is 2.33 bits per heavy atom.